The molecule has 6 aromatic rings. The van der Waals surface area contributed by atoms with Crippen LogP contribution in [0, 0.1) is 0 Å². The number of hydrogen-bond acceptors (Lipinski definition) is 4. The van der Waals surface area contributed by atoms with Gasteiger partial charge in [-0.25, -0.2) is 18.4 Å². The number of aromatic nitrogens is 2. The monoisotopic (exact) mass is 408 g/mol. The first-order valence-electron chi connectivity index (χ1n) is 9.64. The summed E-state index contributed by atoms with van der Waals surface area (Å²) < 4.78 is 24.1. The van der Waals surface area contributed by atoms with Crippen LogP contribution in [0.4, 0.5) is 0 Å². The molecular weight excluding hydrogens is 392 g/mol. The minimum atomic E-state index is -3.32. The van der Waals surface area contributed by atoms with E-state index in [4.69, 9.17) is 9.97 Å². The lowest BCUT2D eigenvalue weighted by Crippen LogP contribution is -1.98. The molecule has 0 N–H and O–H groups in total. The molecule has 0 aliphatic heterocycles. The fourth-order valence-corrected chi connectivity index (χ4v) is 4.94. The Morgan fingerprint density at radius 3 is 2.13 bits per heavy atom. The lowest BCUT2D eigenvalue weighted by Gasteiger charge is -2.12. The van der Waals surface area contributed by atoms with Crippen LogP contribution in [0.3, 0.4) is 0 Å². The van der Waals surface area contributed by atoms with Crippen molar-refractivity contribution in [3.63, 3.8) is 0 Å². The van der Waals surface area contributed by atoms with Crippen molar-refractivity contribution < 1.29 is 8.42 Å². The highest BCUT2D eigenvalue weighted by Gasteiger charge is 2.15. The van der Waals surface area contributed by atoms with Gasteiger partial charge in [0, 0.05) is 17.0 Å². The third-order valence-electron chi connectivity index (χ3n) is 5.70. The molecule has 0 aliphatic rings. The molecule has 4 nitrogen and oxygen atoms in total. The third kappa shape index (κ3) is 2.42. The first kappa shape index (κ1) is 17.3. The van der Waals surface area contributed by atoms with Crippen molar-refractivity contribution in [3.8, 4) is 0 Å². The van der Waals surface area contributed by atoms with Gasteiger partial charge in [0.15, 0.2) is 9.84 Å². The Kier molecular flexibility index (Phi) is 3.44. The van der Waals surface area contributed by atoms with Crippen LogP contribution in [0.5, 0.6) is 0 Å². The average Bonchev–Trinajstić information content (AvgIpc) is 2.76. The highest BCUT2D eigenvalue weighted by Crippen LogP contribution is 2.38. The van der Waals surface area contributed by atoms with Crippen molar-refractivity contribution in [3.05, 3.63) is 78.9 Å². The fourth-order valence-electron chi connectivity index (χ4n) is 4.30. The normalized spacial score (nSPS) is 12.4. The number of benzene rings is 5. The fraction of sp³-hybridized carbons (Fsp3) is 0.0400. The Hall–Kier alpha value is -3.57. The van der Waals surface area contributed by atoms with Crippen LogP contribution in [0.2, 0.25) is 0 Å². The number of hydrogen-bond donors (Lipinski definition) is 0. The van der Waals surface area contributed by atoms with Crippen LogP contribution in [-0.2, 0) is 9.84 Å². The van der Waals surface area contributed by atoms with Gasteiger partial charge in [0.1, 0.15) is 0 Å². The van der Waals surface area contributed by atoms with E-state index in [0.717, 1.165) is 43.4 Å². The minimum absolute atomic E-state index is 0.249. The van der Waals surface area contributed by atoms with E-state index in [-0.39, 0.29) is 4.90 Å². The van der Waals surface area contributed by atoms with Gasteiger partial charge in [-0.1, -0.05) is 60.7 Å². The smallest absolute Gasteiger partial charge is 0.175 e. The summed E-state index contributed by atoms with van der Waals surface area (Å²) in [6, 6.07) is 25.7. The molecular formula is C25H16N2O2S. The zero-order chi connectivity index (χ0) is 20.5. The van der Waals surface area contributed by atoms with Crippen molar-refractivity contribution in [2.75, 3.05) is 6.26 Å². The average molecular weight is 408 g/mol. The van der Waals surface area contributed by atoms with Crippen LogP contribution in [0.15, 0.2) is 83.8 Å². The van der Waals surface area contributed by atoms with Crippen molar-refractivity contribution >= 4 is 64.2 Å². The van der Waals surface area contributed by atoms with E-state index in [1.807, 2.05) is 30.3 Å². The van der Waals surface area contributed by atoms with E-state index in [1.165, 1.54) is 6.26 Å². The Balaban J connectivity index is 1.91. The van der Waals surface area contributed by atoms with E-state index in [0.29, 0.717) is 11.0 Å². The van der Waals surface area contributed by atoms with Gasteiger partial charge in [-0.15, -0.1) is 0 Å². The zero-order valence-corrected chi connectivity index (χ0v) is 16.9. The predicted molar refractivity (Wildman–Crippen MR) is 123 cm³/mol. The maximum Gasteiger partial charge on any atom is 0.175 e. The molecule has 0 amide bonds. The molecule has 1 heterocycles. The lowest BCUT2D eigenvalue weighted by atomic mass is 9.95. The summed E-state index contributed by atoms with van der Waals surface area (Å²) >= 11 is 0. The largest absolute Gasteiger partial charge is 0.244 e. The molecule has 5 aromatic carbocycles. The van der Waals surface area contributed by atoms with Gasteiger partial charge >= 0.3 is 0 Å². The molecule has 0 unspecified atom stereocenters. The SMILES string of the molecule is CS(=O)(=O)c1ccc2nc3c(nc2c1)c1ccccc1c1ccc2ccccc2c13. The molecule has 0 saturated carbocycles. The first-order valence-corrected chi connectivity index (χ1v) is 11.5. The van der Waals surface area contributed by atoms with Crippen LogP contribution >= 0.6 is 0 Å². The Morgan fingerprint density at radius 1 is 0.633 bits per heavy atom. The topological polar surface area (TPSA) is 59.9 Å². The highest BCUT2D eigenvalue weighted by molar-refractivity contribution is 7.90. The Morgan fingerprint density at radius 2 is 1.33 bits per heavy atom. The quantitative estimate of drug-likeness (QED) is 0.261. The molecule has 0 bridgehead atoms. The summed E-state index contributed by atoms with van der Waals surface area (Å²) in [7, 11) is -3.32. The molecule has 0 spiro atoms. The summed E-state index contributed by atoms with van der Waals surface area (Å²) in [4.78, 5) is 10.1. The van der Waals surface area contributed by atoms with Crippen LogP contribution in [0.1, 0.15) is 0 Å². The van der Waals surface area contributed by atoms with Crippen molar-refractivity contribution in [1.29, 1.82) is 0 Å². The van der Waals surface area contributed by atoms with Gasteiger partial charge in [-0.2, -0.15) is 0 Å². The molecule has 0 atom stereocenters. The van der Waals surface area contributed by atoms with Crippen molar-refractivity contribution in [1.82, 2.24) is 9.97 Å². The first-order chi connectivity index (χ1) is 14.5. The van der Waals surface area contributed by atoms with Crippen LogP contribution in [0.25, 0.3) is 54.4 Å². The lowest BCUT2D eigenvalue weighted by molar-refractivity contribution is 0.602. The summed E-state index contributed by atoms with van der Waals surface area (Å²) in [6.45, 7) is 0. The third-order valence-corrected chi connectivity index (χ3v) is 6.81. The molecule has 0 fully saturated rings. The molecule has 1 aromatic heterocycles. The van der Waals surface area contributed by atoms with E-state index in [2.05, 4.69) is 30.3 Å². The zero-order valence-electron chi connectivity index (χ0n) is 16.1. The Labute approximate surface area is 172 Å². The van der Waals surface area contributed by atoms with Crippen molar-refractivity contribution in [2.24, 2.45) is 0 Å². The van der Waals surface area contributed by atoms with E-state index in [1.54, 1.807) is 18.2 Å². The second kappa shape index (κ2) is 5.97. The molecule has 30 heavy (non-hydrogen) atoms. The Bertz CT molecular complexity index is 1770. The molecule has 0 saturated heterocycles. The number of nitrogens with zero attached hydrogens (tertiary/aromatic N) is 2. The predicted octanol–water partition coefficient (Wildman–Crippen LogP) is 5.65. The second-order valence-corrected chi connectivity index (χ2v) is 9.61. The summed E-state index contributed by atoms with van der Waals surface area (Å²) in [5, 5.41) is 6.61. The molecule has 5 heteroatoms. The minimum Gasteiger partial charge on any atom is -0.244 e. The van der Waals surface area contributed by atoms with Gasteiger partial charge in [0.2, 0.25) is 0 Å². The molecule has 144 valence electrons. The van der Waals surface area contributed by atoms with Crippen molar-refractivity contribution in [2.45, 2.75) is 4.90 Å². The molecule has 0 aliphatic carbocycles. The van der Waals surface area contributed by atoms with Gasteiger partial charge < -0.3 is 0 Å². The number of rotatable bonds is 1. The molecule has 0 radical (unpaired) electrons. The van der Waals surface area contributed by atoms with Gasteiger partial charge in [0.25, 0.3) is 0 Å². The van der Waals surface area contributed by atoms with Gasteiger partial charge in [-0.3, -0.25) is 0 Å². The summed E-state index contributed by atoms with van der Waals surface area (Å²) in [5.74, 6) is 0. The molecule has 6 rings (SSSR count). The highest BCUT2D eigenvalue weighted by atomic mass is 32.2. The number of sulfone groups is 1. The van der Waals surface area contributed by atoms with E-state index >= 15 is 0 Å². The van der Waals surface area contributed by atoms with E-state index < -0.39 is 9.84 Å². The van der Waals surface area contributed by atoms with Crippen LogP contribution in [-0.4, -0.2) is 24.6 Å². The standard InChI is InChI=1S/C25H16N2O2S/c1-30(28,29)16-11-13-21-22(14-16)27-24-20-9-5-4-8-18(20)19-12-10-15-6-2-3-7-17(15)23(19)25(24)26-21/h2-14H,1H3. The summed E-state index contributed by atoms with van der Waals surface area (Å²) in [6.07, 6.45) is 1.21. The maximum absolute atomic E-state index is 12.0. The second-order valence-electron chi connectivity index (χ2n) is 7.60. The van der Waals surface area contributed by atoms with Gasteiger partial charge in [-0.05, 0) is 39.7 Å². The number of fused-ring (bicyclic) bond motifs is 9. The maximum atomic E-state index is 12.0. The van der Waals surface area contributed by atoms with E-state index in [9.17, 15) is 8.42 Å². The van der Waals surface area contributed by atoms with Gasteiger partial charge in [0.05, 0.1) is 27.0 Å². The summed E-state index contributed by atoms with van der Waals surface area (Å²) in [5.41, 5.74) is 2.88. The van der Waals surface area contributed by atoms with Crippen LogP contribution < -0.4 is 0 Å².